The van der Waals surface area contributed by atoms with E-state index in [2.05, 4.69) is 149 Å². The van der Waals surface area contributed by atoms with Gasteiger partial charge >= 0.3 is 0 Å². The zero-order valence-electron chi connectivity index (χ0n) is 36.2. The molecule has 310 valence electrons. The van der Waals surface area contributed by atoms with E-state index < -0.39 is 0 Å². The molecule has 9 aromatic carbocycles. The maximum absolute atomic E-state index is 14.2. The van der Waals surface area contributed by atoms with Gasteiger partial charge in [-0.25, -0.2) is 18.7 Å². The highest BCUT2D eigenvalue weighted by Gasteiger charge is 2.37. The molecule has 0 saturated carbocycles. The molecule has 2 nitrogen and oxygen atoms in total. The lowest BCUT2D eigenvalue weighted by atomic mass is 9.82. The van der Waals surface area contributed by atoms with E-state index in [1.165, 1.54) is 68.8 Å². The van der Waals surface area contributed by atoms with Gasteiger partial charge in [-0.1, -0.05) is 149 Å². The van der Waals surface area contributed by atoms with Crippen LogP contribution in [-0.4, -0.2) is 9.97 Å². The average molecular weight is 859 g/mol. The highest BCUT2D eigenvalue weighted by atomic mass is 32.1. The molecule has 5 heteroatoms. The summed E-state index contributed by atoms with van der Waals surface area (Å²) >= 11 is 1.76. The molecule has 13 rings (SSSR count). The molecule has 0 bridgehead atoms. The van der Waals surface area contributed by atoms with Crippen molar-refractivity contribution in [2.75, 3.05) is 0 Å². The van der Waals surface area contributed by atoms with Crippen molar-refractivity contribution in [3.05, 3.63) is 204 Å². The topological polar surface area (TPSA) is 25.8 Å². The minimum Gasteiger partial charge on any atom is -0.242 e. The molecule has 0 amide bonds. The smallest absolute Gasteiger partial charge is 0.123 e. The maximum Gasteiger partial charge on any atom is 0.123 e. The predicted molar refractivity (Wildman–Crippen MR) is 267 cm³/mol. The van der Waals surface area contributed by atoms with Gasteiger partial charge in [-0.15, -0.1) is 11.3 Å². The van der Waals surface area contributed by atoms with Crippen LogP contribution in [0.1, 0.15) is 49.9 Å². The van der Waals surface area contributed by atoms with Gasteiger partial charge in [0.15, 0.2) is 0 Å². The monoisotopic (exact) mass is 858 g/mol. The summed E-state index contributed by atoms with van der Waals surface area (Å²) in [5.41, 5.74) is 19.4. The Morgan fingerprint density at radius 1 is 0.338 bits per heavy atom. The molecule has 0 fully saturated rings. The van der Waals surface area contributed by atoms with Gasteiger partial charge in [0.1, 0.15) is 22.7 Å². The first kappa shape index (κ1) is 38.1. The van der Waals surface area contributed by atoms with E-state index in [4.69, 9.17) is 9.97 Å². The Morgan fingerprint density at radius 3 is 1.14 bits per heavy atom. The van der Waals surface area contributed by atoms with Gasteiger partial charge in [0, 0.05) is 21.6 Å². The van der Waals surface area contributed by atoms with Crippen molar-refractivity contribution < 1.29 is 8.78 Å². The standard InChI is InChI=1S/C60H40F2N2S/c1-59(2)49-11-7-5-9-43(49)45-31-37(19-27-51(45)59)57-55-56(58(65-57)38-20-28-52-46(32-38)44-10-6-8-12-50(44)60(52,3)4)64-54-48-30-36(34-15-23-40(62)24-16-34)18-26-42(48)41-25-17-35(29-47(41)53(54)63-55)33-13-21-39(61)22-14-33/h5-32H,1-4H3. The minimum atomic E-state index is -0.271. The molecular weight excluding hydrogens is 819 g/mol. The molecule has 2 aliphatic rings. The highest BCUT2D eigenvalue weighted by molar-refractivity contribution is 7.20. The number of halogens is 2. The van der Waals surface area contributed by atoms with Gasteiger partial charge in [0.25, 0.3) is 0 Å². The molecule has 0 N–H and O–H groups in total. The van der Waals surface area contributed by atoms with E-state index in [-0.39, 0.29) is 22.5 Å². The van der Waals surface area contributed by atoms with Crippen LogP contribution in [-0.2, 0) is 10.8 Å². The number of fused-ring (bicyclic) bond motifs is 13. The summed E-state index contributed by atoms with van der Waals surface area (Å²) in [5.74, 6) is -0.543. The third-order valence-corrected chi connectivity index (χ3v) is 15.7. The van der Waals surface area contributed by atoms with Crippen molar-refractivity contribution in [1.82, 2.24) is 9.97 Å². The van der Waals surface area contributed by atoms with Crippen LogP contribution in [0.25, 0.3) is 109 Å². The Hall–Kier alpha value is -7.34. The number of hydrogen-bond donors (Lipinski definition) is 0. The fourth-order valence-electron chi connectivity index (χ4n) is 11.0. The van der Waals surface area contributed by atoms with Gasteiger partial charge in [-0.05, 0) is 137 Å². The minimum absolute atomic E-state index is 0.118. The quantitative estimate of drug-likeness (QED) is 0.165. The number of thiophene rings is 1. The molecule has 11 aromatic rings. The zero-order chi connectivity index (χ0) is 43.9. The summed E-state index contributed by atoms with van der Waals surface area (Å²) in [7, 11) is 0. The number of hydrogen-bond acceptors (Lipinski definition) is 3. The van der Waals surface area contributed by atoms with E-state index >= 15 is 0 Å². The maximum atomic E-state index is 14.2. The second kappa shape index (κ2) is 13.6. The lowest BCUT2D eigenvalue weighted by molar-refractivity contribution is 0.627. The van der Waals surface area contributed by atoms with Crippen LogP contribution in [0, 0.1) is 11.6 Å². The molecule has 0 aliphatic heterocycles. The summed E-state index contributed by atoms with van der Waals surface area (Å²) in [4.78, 5) is 13.7. The van der Waals surface area contributed by atoms with Gasteiger partial charge in [0.05, 0.1) is 20.8 Å². The fraction of sp³-hybridized carbons (Fsp3) is 0.100. The zero-order valence-corrected chi connectivity index (χ0v) is 37.0. The Labute approximate surface area is 379 Å². The summed E-state index contributed by atoms with van der Waals surface area (Å²) in [6.45, 7) is 9.27. The van der Waals surface area contributed by atoms with Crippen LogP contribution in [0.2, 0.25) is 0 Å². The second-order valence-electron chi connectivity index (χ2n) is 18.8. The number of aromatic nitrogens is 2. The van der Waals surface area contributed by atoms with Gasteiger partial charge < -0.3 is 0 Å². The van der Waals surface area contributed by atoms with Crippen molar-refractivity contribution >= 4 is 54.9 Å². The third kappa shape index (κ3) is 5.55. The van der Waals surface area contributed by atoms with Gasteiger partial charge in [-0.3, -0.25) is 0 Å². The lowest BCUT2D eigenvalue weighted by Gasteiger charge is -2.21. The normalized spacial score (nSPS) is 14.2. The average Bonchev–Trinajstić information content (AvgIpc) is 3.90. The Bertz CT molecular complexity index is 3590. The largest absolute Gasteiger partial charge is 0.242 e. The van der Waals surface area contributed by atoms with E-state index in [9.17, 15) is 8.78 Å². The lowest BCUT2D eigenvalue weighted by Crippen LogP contribution is -2.14. The Balaban J connectivity index is 1.13. The molecular formula is C60H40F2N2S. The van der Waals surface area contributed by atoms with E-state index in [0.717, 1.165) is 86.7 Å². The van der Waals surface area contributed by atoms with Crippen LogP contribution in [0.5, 0.6) is 0 Å². The number of nitrogens with zero attached hydrogens (tertiary/aromatic N) is 2. The van der Waals surface area contributed by atoms with E-state index in [0.29, 0.717) is 0 Å². The molecule has 2 aromatic heterocycles. The Kier molecular flexibility index (Phi) is 7.97. The molecule has 0 saturated heterocycles. The molecule has 2 aliphatic carbocycles. The van der Waals surface area contributed by atoms with E-state index in [1.807, 2.05) is 24.3 Å². The van der Waals surface area contributed by atoms with Gasteiger partial charge in [-0.2, -0.15) is 0 Å². The number of benzene rings is 9. The van der Waals surface area contributed by atoms with Crippen LogP contribution >= 0.6 is 11.3 Å². The van der Waals surface area contributed by atoms with Crippen molar-refractivity contribution in [3.63, 3.8) is 0 Å². The summed E-state index contributed by atoms with van der Waals surface area (Å²) in [5, 5.41) is 4.03. The van der Waals surface area contributed by atoms with Crippen LogP contribution in [0.4, 0.5) is 8.78 Å². The first-order valence-corrected chi connectivity index (χ1v) is 23.0. The summed E-state index contributed by atoms with van der Waals surface area (Å²) in [6, 6.07) is 57.7. The SMILES string of the molecule is CC1(C)c2ccccc2-c2cc(-c3sc(-c4ccc5c(c4)-c4ccccc4C5(C)C)c4nc5c6cc(-c7ccc(F)cc7)ccc6c6ccc(-c7ccc(F)cc7)cc6c5nc34)ccc21. The summed E-state index contributed by atoms with van der Waals surface area (Å²) < 4.78 is 28.4. The molecule has 2 heterocycles. The second-order valence-corrected chi connectivity index (χ2v) is 19.8. The Morgan fingerprint density at radius 2 is 0.708 bits per heavy atom. The van der Waals surface area contributed by atoms with Crippen molar-refractivity contribution in [1.29, 1.82) is 0 Å². The third-order valence-electron chi connectivity index (χ3n) is 14.4. The first-order chi connectivity index (χ1) is 31.5. The first-order valence-electron chi connectivity index (χ1n) is 22.2. The fourth-order valence-corrected chi connectivity index (χ4v) is 12.2. The highest BCUT2D eigenvalue weighted by Crippen LogP contribution is 2.54. The molecule has 65 heavy (non-hydrogen) atoms. The van der Waals surface area contributed by atoms with Crippen LogP contribution < -0.4 is 0 Å². The van der Waals surface area contributed by atoms with Gasteiger partial charge in [0.2, 0.25) is 0 Å². The molecule has 0 atom stereocenters. The van der Waals surface area contributed by atoms with Crippen LogP contribution in [0.3, 0.4) is 0 Å². The molecule has 0 radical (unpaired) electrons. The summed E-state index contributed by atoms with van der Waals surface area (Å²) in [6.07, 6.45) is 0. The van der Waals surface area contributed by atoms with Crippen molar-refractivity contribution in [2.45, 2.75) is 38.5 Å². The van der Waals surface area contributed by atoms with E-state index in [1.54, 1.807) is 11.3 Å². The molecule has 0 spiro atoms. The van der Waals surface area contributed by atoms with Crippen molar-refractivity contribution in [2.24, 2.45) is 0 Å². The van der Waals surface area contributed by atoms with Crippen LogP contribution in [0.15, 0.2) is 170 Å². The number of rotatable bonds is 4. The predicted octanol–water partition coefficient (Wildman–Crippen LogP) is 16.7. The van der Waals surface area contributed by atoms with Crippen molar-refractivity contribution in [3.8, 4) is 65.4 Å². The molecule has 0 unspecified atom stereocenters.